The van der Waals surface area contributed by atoms with Gasteiger partial charge in [0.1, 0.15) is 5.82 Å². The Labute approximate surface area is 85.7 Å². The molecule has 1 aliphatic heterocycles. The van der Waals surface area contributed by atoms with Gasteiger partial charge >= 0.3 is 0 Å². The average Bonchev–Trinajstić information content (AvgIpc) is 2.71. The lowest BCUT2D eigenvalue weighted by Gasteiger charge is -2.10. The van der Waals surface area contributed by atoms with E-state index >= 15 is 0 Å². The molecule has 1 unspecified atom stereocenters. The van der Waals surface area contributed by atoms with Crippen LogP contribution in [0.1, 0.15) is 12.2 Å². The molecule has 80 valence electrons. The number of rotatable bonds is 2. The van der Waals surface area contributed by atoms with Gasteiger partial charge < -0.3 is 5.73 Å². The van der Waals surface area contributed by atoms with Gasteiger partial charge in [-0.1, -0.05) is 0 Å². The van der Waals surface area contributed by atoms with Gasteiger partial charge in [0, 0.05) is 13.0 Å². The number of nitrogens with two attached hydrogens (primary N) is 1. The summed E-state index contributed by atoms with van der Waals surface area (Å²) in [4.78, 5) is 27.8. The number of carbonyl (C=O) groups excluding carboxylic acids is 2. The molecule has 7 nitrogen and oxygen atoms in total. The highest BCUT2D eigenvalue weighted by Crippen LogP contribution is 2.21. The first-order chi connectivity index (χ1) is 7.08. The van der Waals surface area contributed by atoms with E-state index in [0.29, 0.717) is 11.8 Å². The van der Waals surface area contributed by atoms with E-state index in [1.165, 1.54) is 4.90 Å². The normalized spacial score (nSPS) is 21.0. The third-order valence-corrected chi connectivity index (χ3v) is 2.35. The number of nitrogens with one attached hydrogen (secondary N) is 1. The van der Waals surface area contributed by atoms with Crippen molar-refractivity contribution in [2.24, 2.45) is 11.7 Å². The first kappa shape index (κ1) is 9.63. The lowest BCUT2D eigenvalue weighted by atomic mass is 10.1. The van der Waals surface area contributed by atoms with Crippen molar-refractivity contribution in [3.05, 3.63) is 5.82 Å². The number of H-pyrrole nitrogens is 1. The monoisotopic (exact) mass is 209 g/mol. The second-order valence-corrected chi connectivity index (χ2v) is 3.53. The van der Waals surface area contributed by atoms with Crippen LogP contribution < -0.4 is 10.6 Å². The van der Waals surface area contributed by atoms with Gasteiger partial charge in [-0.15, -0.1) is 5.10 Å². The number of aromatic amines is 1. The van der Waals surface area contributed by atoms with Crippen LogP contribution in [0.15, 0.2) is 0 Å². The number of primary amides is 1. The van der Waals surface area contributed by atoms with Crippen LogP contribution in [-0.2, 0) is 9.59 Å². The van der Waals surface area contributed by atoms with Crippen LogP contribution in [0.4, 0.5) is 5.95 Å². The van der Waals surface area contributed by atoms with Crippen LogP contribution in [0, 0.1) is 12.8 Å². The molecule has 1 saturated heterocycles. The minimum absolute atomic E-state index is 0.142. The van der Waals surface area contributed by atoms with Gasteiger partial charge in [-0.3, -0.25) is 19.6 Å². The summed E-state index contributed by atoms with van der Waals surface area (Å²) >= 11 is 0. The van der Waals surface area contributed by atoms with Crippen molar-refractivity contribution in [1.82, 2.24) is 15.2 Å². The second-order valence-electron chi connectivity index (χ2n) is 3.53. The fraction of sp³-hybridized carbons (Fsp3) is 0.500. The fourth-order valence-corrected chi connectivity index (χ4v) is 1.54. The van der Waals surface area contributed by atoms with Crippen LogP contribution in [0.3, 0.4) is 0 Å². The number of aryl methyl sites for hydroxylation is 1. The van der Waals surface area contributed by atoms with Crippen molar-refractivity contribution in [3.63, 3.8) is 0 Å². The Balaban J connectivity index is 2.18. The quantitative estimate of drug-likeness (QED) is 0.648. The zero-order chi connectivity index (χ0) is 11.0. The van der Waals surface area contributed by atoms with Gasteiger partial charge in [0.25, 0.3) is 5.95 Å². The van der Waals surface area contributed by atoms with Gasteiger partial charge in [0.2, 0.25) is 11.8 Å². The summed E-state index contributed by atoms with van der Waals surface area (Å²) < 4.78 is 0. The van der Waals surface area contributed by atoms with Crippen molar-refractivity contribution in [2.45, 2.75) is 13.3 Å². The molecule has 0 radical (unpaired) electrons. The van der Waals surface area contributed by atoms with E-state index in [9.17, 15) is 9.59 Å². The number of hydrogen-bond acceptors (Lipinski definition) is 4. The molecule has 2 rings (SSSR count). The molecular weight excluding hydrogens is 198 g/mol. The summed E-state index contributed by atoms with van der Waals surface area (Å²) in [6.45, 7) is 2.01. The van der Waals surface area contributed by atoms with E-state index in [-0.39, 0.29) is 18.9 Å². The highest BCUT2D eigenvalue weighted by molar-refractivity contribution is 5.98. The van der Waals surface area contributed by atoms with E-state index in [4.69, 9.17) is 5.73 Å². The number of carbonyl (C=O) groups is 2. The molecule has 15 heavy (non-hydrogen) atoms. The Morgan fingerprint density at radius 2 is 2.40 bits per heavy atom. The maximum absolute atomic E-state index is 11.5. The number of aromatic nitrogens is 3. The molecule has 2 heterocycles. The predicted octanol–water partition coefficient (Wildman–Crippen LogP) is -1.05. The summed E-state index contributed by atoms with van der Waals surface area (Å²) in [5, 5.41) is 6.50. The van der Waals surface area contributed by atoms with Crippen molar-refractivity contribution in [2.75, 3.05) is 11.4 Å². The lowest BCUT2D eigenvalue weighted by Crippen LogP contribution is -2.29. The van der Waals surface area contributed by atoms with Crippen LogP contribution >= 0.6 is 0 Å². The Hall–Kier alpha value is -1.92. The van der Waals surface area contributed by atoms with Crippen LogP contribution in [0.2, 0.25) is 0 Å². The van der Waals surface area contributed by atoms with Crippen LogP contribution in [0.5, 0.6) is 0 Å². The van der Waals surface area contributed by atoms with Gasteiger partial charge in [0.15, 0.2) is 0 Å². The Morgan fingerprint density at radius 3 is 2.87 bits per heavy atom. The molecule has 1 aromatic heterocycles. The molecule has 1 aliphatic rings. The van der Waals surface area contributed by atoms with E-state index in [2.05, 4.69) is 15.2 Å². The molecule has 0 saturated carbocycles. The molecule has 1 aromatic rings. The third-order valence-electron chi connectivity index (χ3n) is 2.35. The van der Waals surface area contributed by atoms with Crippen molar-refractivity contribution in [3.8, 4) is 0 Å². The molecule has 7 heteroatoms. The van der Waals surface area contributed by atoms with Gasteiger partial charge in [0.05, 0.1) is 5.92 Å². The lowest BCUT2D eigenvalue weighted by molar-refractivity contribution is -0.123. The molecule has 0 bridgehead atoms. The molecule has 1 atom stereocenters. The van der Waals surface area contributed by atoms with E-state index in [0.717, 1.165) is 0 Å². The predicted molar refractivity (Wildman–Crippen MR) is 50.8 cm³/mol. The molecule has 0 aliphatic carbocycles. The molecule has 2 amide bonds. The van der Waals surface area contributed by atoms with Gasteiger partial charge in [-0.2, -0.15) is 4.98 Å². The van der Waals surface area contributed by atoms with E-state index in [1.807, 2.05) is 0 Å². The van der Waals surface area contributed by atoms with Gasteiger partial charge in [-0.05, 0) is 6.92 Å². The maximum atomic E-state index is 11.5. The summed E-state index contributed by atoms with van der Waals surface area (Å²) in [7, 11) is 0. The molecule has 0 aromatic carbocycles. The number of anilines is 1. The standard InChI is InChI=1S/C8H11N5O2/c1-4-10-8(12-11-4)13-3-5(7(9)15)2-6(13)14/h5H,2-3H2,1H3,(H2,9,15)(H,10,11,12). The second kappa shape index (κ2) is 3.34. The summed E-state index contributed by atoms with van der Waals surface area (Å²) in [5.41, 5.74) is 5.14. The highest BCUT2D eigenvalue weighted by Gasteiger charge is 2.35. The number of nitrogens with zero attached hydrogens (tertiary/aromatic N) is 3. The molecule has 3 N–H and O–H groups in total. The summed E-state index contributed by atoms with van der Waals surface area (Å²) in [5.74, 6) is -0.131. The highest BCUT2D eigenvalue weighted by atomic mass is 16.2. The van der Waals surface area contributed by atoms with Crippen molar-refractivity contribution in [1.29, 1.82) is 0 Å². The minimum Gasteiger partial charge on any atom is -0.369 e. The SMILES string of the molecule is Cc1nc(N2CC(C(N)=O)CC2=O)n[nH]1. The first-order valence-electron chi connectivity index (χ1n) is 4.56. The van der Waals surface area contributed by atoms with Gasteiger partial charge in [-0.25, -0.2) is 0 Å². The Bertz CT molecular complexity index is 413. The van der Waals surface area contributed by atoms with Crippen molar-refractivity contribution >= 4 is 17.8 Å². The van der Waals surface area contributed by atoms with E-state index in [1.54, 1.807) is 6.92 Å². The number of hydrogen-bond donors (Lipinski definition) is 2. The smallest absolute Gasteiger partial charge is 0.251 e. The summed E-state index contributed by atoms with van der Waals surface area (Å²) in [6, 6.07) is 0. The Kier molecular flexibility index (Phi) is 2.14. The fourth-order valence-electron chi connectivity index (χ4n) is 1.54. The van der Waals surface area contributed by atoms with Crippen LogP contribution in [-0.4, -0.2) is 33.5 Å². The minimum atomic E-state index is -0.460. The first-order valence-corrected chi connectivity index (χ1v) is 4.56. The molecule has 1 fully saturated rings. The molecule has 0 spiro atoms. The average molecular weight is 209 g/mol. The number of amides is 2. The largest absolute Gasteiger partial charge is 0.369 e. The zero-order valence-corrected chi connectivity index (χ0v) is 8.23. The van der Waals surface area contributed by atoms with Crippen LogP contribution in [0.25, 0.3) is 0 Å². The van der Waals surface area contributed by atoms with E-state index < -0.39 is 11.8 Å². The Morgan fingerprint density at radius 1 is 1.67 bits per heavy atom. The molecular formula is C8H11N5O2. The maximum Gasteiger partial charge on any atom is 0.251 e. The third kappa shape index (κ3) is 1.67. The summed E-state index contributed by atoms with van der Waals surface area (Å²) in [6.07, 6.45) is 0.142. The zero-order valence-electron chi connectivity index (χ0n) is 8.23. The topological polar surface area (TPSA) is 105 Å². The van der Waals surface area contributed by atoms with Crippen molar-refractivity contribution < 1.29 is 9.59 Å².